The number of alkyl halides is 3. The summed E-state index contributed by atoms with van der Waals surface area (Å²) in [5.74, 6) is -0.597. The van der Waals surface area contributed by atoms with Gasteiger partial charge in [0.2, 0.25) is 0 Å². The van der Waals surface area contributed by atoms with Crippen molar-refractivity contribution in [2.24, 2.45) is 0 Å². The van der Waals surface area contributed by atoms with Crippen LogP contribution in [0.4, 0.5) is 13.2 Å². The molecule has 0 aliphatic carbocycles. The van der Waals surface area contributed by atoms with E-state index < -0.39 is 17.6 Å². The number of hydrogen-bond donors (Lipinski definition) is 0. The molecular formula is C14H16F3NO2. The molecule has 1 aromatic rings. The van der Waals surface area contributed by atoms with E-state index in [4.69, 9.17) is 4.74 Å². The lowest BCUT2D eigenvalue weighted by Gasteiger charge is -2.35. The SMILES string of the molecule is C[C@H]1CN(C(=O)c2ccccc2C(F)(F)F)C[C@H](C)O1. The number of nitrogens with zero attached hydrogens (tertiary/aromatic N) is 1. The molecule has 20 heavy (non-hydrogen) atoms. The van der Waals surface area contributed by atoms with E-state index in [0.29, 0.717) is 13.1 Å². The topological polar surface area (TPSA) is 29.5 Å². The van der Waals surface area contributed by atoms with E-state index in [1.54, 1.807) is 13.8 Å². The zero-order valence-corrected chi connectivity index (χ0v) is 11.3. The predicted octanol–water partition coefficient (Wildman–Crippen LogP) is 2.95. The Balaban J connectivity index is 2.30. The summed E-state index contributed by atoms with van der Waals surface area (Å²) in [7, 11) is 0. The summed E-state index contributed by atoms with van der Waals surface area (Å²) in [4.78, 5) is 13.7. The van der Waals surface area contributed by atoms with Gasteiger partial charge in [-0.15, -0.1) is 0 Å². The summed E-state index contributed by atoms with van der Waals surface area (Å²) in [5, 5.41) is 0. The molecule has 2 atom stereocenters. The van der Waals surface area contributed by atoms with E-state index >= 15 is 0 Å². The fourth-order valence-corrected chi connectivity index (χ4v) is 2.43. The van der Waals surface area contributed by atoms with Gasteiger partial charge in [0, 0.05) is 13.1 Å². The first-order chi connectivity index (χ1) is 9.29. The second-order valence-corrected chi connectivity index (χ2v) is 5.01. The third kappa shape index (κ3) is 3.12. The maximum absolute atomic E-state index is 12.9. The molecule has 3 nitrogen and oxygen atoms in total. The third-order valence-electron chi connectivity index (χ3n) is 3.17. The van der Waals surface area contributed by atoms with Crippen molar-refractivity contribution in [3.8, 4) is 0 Å². The van der Waals surface area contributed by atoms with E-state index in [1.165, 1.54) is 23.1 Å². The maximum Gasteiger partial charge on any atom is 0.417 e. The van der Waals surface area contributed by atoms with Crippen LogP contribution in [-0.4, -0.2) is 36.1 Å². The van der Waals surface area contributed by atoms with Gasteiger partial charge in [0.1, 0.15) is 0 Å². The Morgan fingerprint density at radius 2 is 1.75 bits per heavy atom. The number of morpholine rings is 1. The van der Waals surface area contributed by atoms with Gasteiger partial charge in [-0.1, -0.05) is 12.1 Å². The smallest absolute Gasteiger partial charge is 0.372 e. The van der Waals surface area contributed by atoms with Crippen LogP contribution in [0.25, 0.3) is 0 Å². The Morgan fingerprint density at radius 3 is 2.30 bits per heavy atom. The molecule has 1 aliphatic rings. The van der Waals surface area contributed by atoms with Crippen LogP contribution in [0.3, 0.4) is 0 Å². The van der Waals surface area contributed by atoms with Crippen molar-refractivity contribution in [2.45, 2.75) is 32.2 Å². The van der Waals surface area contributed by atoms with Crippen LogP contribution in [0, 0.1) is 0 Å². The van der Waals surface area contributed by atoms with Crippen molar-refractivity contribution >= 4 is 5.91 Å². The van der Waals surface area contributed by atoms with Crippen molar-refractivity contribution in [1.29, 1.82) is 0 Å². The zero-order valence-electron chi connectivity index (χ0n) is 11.3. The highest BCUT2D eigenvalue weighted by Gasteiger charge is 2.37. The van der Waals surface area contributed by atoms with Gasteiger partial charge in [-0.2, -0.15) is 13.2 Å². The minimum absolute atomic E-state index is 0.180. The summed E-state index contributed by atoms with van der Waals surface area (Å²) in [6, 6.07) is 4.87. The monoisotopic (exact) mass is 287 g/mol. The van der Waals surface area contributed by atoms with Crippen LogP contribution in [0.15, 0.2) is 24.3 Å². The van der Waals surface area contributed by atoms with E-state index in [0.717, 1.165) is 6.07 Å². The molecule has 0 bridgehead atoms. The van der Waals surface area contributed by atoms with Gasteiger partial charge in [-0.3, -0.25) is 4.79 Å². The van der Waals surface area contributed by atoms with Gasteiger partial charge >= 0.3 is 6.18 Å². The second-order valence-electron chi connectivity index (χ2n) is 5.01. The number of ether oxygens (including phenoxy) is 1. The van der Waals surface area contributed by atoms with E-state index in [-0.39, 0.29) is 17.8 Å². The molecule has 0 aromatic heterocycles. The van der Waals surface area contributed by atoms with Crippen molar-refractivity contribution in [3.63, 3.8) is 0 Å². The normalized spacial score (nSPS) is 23.8. The molecule has 1 aliphatic heterocycles. The highest BCUT2D eigenvalue weighted by Crippen LogP contribution is 2.32. The molecule has 0 radical (unpaired) electrons. The average Bonchev–Trinajstić information content (AvgIpc) is 2.35. The average molecular weight is 287 g/mol. The number of carbonyl (C=O) groups excluding carboxylic acids is 1. The highest BCUT2D eigenvalue weighted by atomic mass is 19.4. The van der Waals surface area contributed by atoms with Crippen molar-refractivity contribution in [3.05, 3.63) is 35.4 Å². The molecule has 1 amide bonds. The lowest BCUT2D eigenvalue weighted by Crippen LogP contribution is -2.48. The lowest BCUT2D eigenvalue weighted by molar-refractivity contribution is -0.138. The Bertz CT molecular complexity index is 491. The minimum atomic E-state index is -4.53. The van der Waals surface area contributed by atoms with Gasteiger partial charge in [-0.05, 0) is 26.0 Å². The van der Waals surface area contributed by atoms with Gasteiger partial charge in [0.05, 0.1) is 23.3 Å². The van der Waals surface area contributed by atoms with Crippen LogP contribution >= 0.6 is 0 Å². The van der Waals surface area contributed by atoms with Gasteiger partial charge < -0.3 is 9.64 Å². The molecule has 1 aromatic carbocycles. The van der Waals surface area contributed by atoms with Crippen LogP contribution < -0.4 is 0 Å². The molecule has 2 rings (SSSR count). The molecule has 1 fully saturated rings. The van der Waals surface area contributed by atoms with Crippen molar-refractivity contribution < 1.29 is 22.7 Å². The highest BCUT2D eigenvalue weighted by molar-refractivity contribution is 5.96. The number of benzene rings is 1. The first-order valence-corrected chi connectivity index (χ1v) is 6.40. The summed E-state index contributed by atoms with van der Waals surface area (Å²) < 4.78 is 44.3. The van der Waals surface area contributed by atoms with Gasteiger partial charge in [-0.25, -0.2) is 0 Å². The zero-order chi connectivity index (χ0) is 14.9. The fourth-order valence-electron chi connectivity index (χ4n) is 2.43. The van der Waals surface area contributed by atoms with Crippen LogP contribution in [0.5, 0.6) is 0 Å². The quantitative estimate of drug-likeness (QED) is 0.794. The van der Waals surface area contributed by atoms with Crippen LogP contribution in [-0.2, 0) is 10.9 Å². The predicted molar refractivity (Wildman–Crippen MR) is 67.4 cm³/mol. The minimum Gasteiger partial charge on any atom is -0.372 e. The van der Waals surface area contributed by atoms with E-state index in [2.05, 4.69) is 0 Å². The number of amides is 1. The van der Waals surface area contributed by atoms with Crippen molar-refractivity contribution in [2.75, 3.05) is 13.1 Å². The largest absolute Gasteiger partial charge is 0.417 e. The Morgan fingerprint density at radius 1 is 1.20 bits per heavy atom. The molecule has 0 spiro atoms. The first-order valence-electron chi connectivity index (χ1n) is 6.40. The summed E-state index contributed by atoms with van der Waals surface area (Å²) in [6.45, 7) is 4.20. The molecule has 110 valence electrons. The second kappa shape index (κ2) is 5.44. The summed E-state index contributed by atoms with van der Waals surface area (Å²) >= 11 is 0. The summed E-state index contributed by atoms with van der Waals surface area (Å²) in [6.07, 6.45) is -4.89. The maximum atomic E-state index is 12.9. The number of halogens is 3. The van der Waals surface area contributed by atoms with Crippen molar-refractivity contribution in [1.82, 2.24) is 4.90 Å². The lowest BCUT2D eigenvalue weighted by atomic mass is 10.0. The molecule has 0 N–H and O–H groups in total. The summed E-state index contributed by atoms with van der Waals surface area (Å²) in [5.41, 5.74) is -1.20. The third-order valence-corrected chi connectivity index (χ3v) is 3.17. The van der Waals surface area contributed by atoms with Crippen LogP contribution in [0.2, 0.25) is 0 Å². The van der Waals surface area contributed by atoms with Gasteiger partial charge in [0.15, 0.2) is 0 Å². The Hall–Kier alpha value is -1.56. The number of rotatable bonds is 1. The Kier molecular flexibility index (Phi) is 4.04. The first kappa shape index (κ1) is 14.8. The van der Waals surface area contributed by atoms with E-state index in [9.17, 15) is 18.0 Å². The number of hydrogen-bond acceptors (Lipinski definition) is 2. The van der Waals surface area contributed by atoms with E-state index in [1.807, 2.05) is 0 Å². The Labute approximate surface area is 115 Å². The molecule has 1 saturated heterocycles. The fraction of sp³-hybridized carbons (Fsp3) is 0.500. The standard InChI is InChI=1S/C14H16F3NO2/c1-9-7-18(8-10(2)20-9)13(19)11-5-3-4-6-12(11)14(15,16)17/h3-6,9-10H,7-8H2,1-2H3/t9-,10-/m0/s1. The van der Waals surface area contributed by atoms with Crippen LogP contribution in [0.1, 0.15) is 29.8 Å². The molecule has 6 heteroatoms. The van der Waals surface area contributed by atoms with Gasteiger partial charge in [0.25, 0.3) is 5.91 Å². The number of carbonyl (C=O) groups is 1. The molecule has 0 saturated carbocycles. The molecular weight excluding hydrogens is 271 g/mol. The molecule has 0 unspecified atom stereocenters. The molecule has 1 heterocycles.